The van der Waals surface area contributed by atoms with Crippen molar-refractivity contribution in [2.24, 2.45) is 0 Å². The normalized spacial score (nSPS) is 18.7. The summed E-state index contributed by atoms with van der Waals surface area (Å²) in [6, 6.07) is 9.16. The molecule has 1 saturated heterocycles. The molecule has 0 N–H and O–H groups in total. The molecule has 0 saturated carbocycles. The van der Waals surface area contributed by atoms with Gasteiger partial charge in [0.2, 0.25) is 11.8 Å². The van der Waals surface area contributed by atoms with E-state index in [0.717, 1.165) is 17.7 Å². The van der Waals surface area contributed by atoms with Crippen LogP contribution in [0.25, 0.3) is 6.08 Å². The van der Waals surface area contributed by atoms with E-state index in [9.17, 15) is 27.2 Å². The zero-order chi connectivity index (χ0) is 22.2. The van der Waals surface area contributed by atoms with E-state index in [4.69, 9.17) is 0 Å². The van der Waals surface area contributed by atoms with E-state index in [0.29, 0.717) is 24.1 Å². The second kappa shape index (κ2) is 8.05. The minimum absolute atomic E-state index is 0.0807. The first-order valence-electron chi connectivity index (χ1n) is 9.60. The van der Waals surface area contributed by atoms with Crippen molar-refractivity contribution in [1.82, 2.24) is 9.80 Å². The Morgan fingerprint density at radius 1 is 1.13 bits per heavy atom. The average molecular weight is 434 g/mol. The quantitative estimate of drug-likeness (QED) is 0.547. The molecular formula is C22H18F4N2O3. The third-order valence-electron chi connectivity index (χ3n) is 5.35. The van der Waals surface area contributed by atoms with Crippen LogP contribution < -0.4 is 4.74 Å². The highest BCUT2D eigenvalue weighted by Gasteiger charge is 2.38. The first-order chi connectivity index (χ1) is 14.7. The Bertz CT molecular complexity index is 1030. The van der Waals surface area contributed by atoms with Gasteiger partial charge in [-0.05, 0) is 53.5 Å². The van der Waals surface area contributed by atoms with Gasteiger partial charge in [0, 0.05) is 19.2 Å². The number of hydrogen-bond acceptors (Lipinski definition) is 3. The average Bonchev–Trinajstić information content (AvgIpc) is 2.71. The molecule has 4 rings (SSSR count). The van der Waals surface area contributed by atoms with E-state index in [-0.39, 0.29) is 24.7 Å². The van der Waals surface area contributed by atoms with Crippen LogP contribution in [0.2, 0.25) is 0 Å². The summed E-state index contributed by atoms with van der Waals surface area (Å²) in [6.45, 7) is 0.679. The number of ether oxygens (including phenoxy) is 1. The molecule has 2 heterocycles. The SMILES string of the molecule is O=C(/C=C/c1ccc(OC(F)(F)F)cc1)N1CC(=O)N2CCc3ccc(F)cc3C2C1. The molecule has 2 aliphatic rings. The van der Waals surface area contributed by atoms with E-state index in [1.807, 2.05) is 0 Å². The van der Waals surface area contributed by atoms with E-state index < -0.39 is 24.1 Å². The first-order valence-corrected chi connectivity index (χ1v) is 9.60. The number of halogens is 4. The third-order valence-corrected chi connectivity index (χ3v) is 5.35. The van der Waals surface area contributed by atoms with Crippen molar-refractivity contribution < 1.29 is 31.9 Å². The lowest BCUT2D eigenvalue weighted by Gasteiger charge is -2.44. The monoisotopic (exact) mass is 434 g/mol. The van der Waals surface area contributed by atoms with Crippen LogP contribution in [0.3, 0.4) is 0 Å². The highest BCUT2D eigenvalue weighted by Crippen LogP contribution is 2.33. The molecule has 1 fully saturated rings. The van der Waals surface area contributed by atoms with Gasteiger partial charge in [0.25, 0.3) is 0 Å². The number of carbonyl (C=O) groups excluding carboxylic acids is 2. The predicted molar refractivity (Wildman–Crippen MR) is 103 cm³/mol. The minimum Gasteiger partial charge on any atom is -0.406 e. The summed E-state index contributed by atoms with van der Waals surface area (Å²) in [5, 5.41) is 0. The molecule has 31 heavy (non-hydrogen) atoms. The Morgan fingerprint density at radius 2 is 1.87 bits per heavy atom. The van der Waals surface area contributed by atoms with Crippen molar-refractivity contribution in [3.8, 4) is 5.75 Å². The molecule has 2 aliphatic heterocycles. The van der Waals surface area contributed by atoms with Gasteiger partial charge in [-0.1, -0.05) is 18.2 Å². The first kappa shape index (κ1) is 20.9. The maximum absolute atomic E-state index is 13.8. The van der Waals surface area contributed by atoms with Crippen LogP contribution in [0.15, 0.2) is 48.5 Å². The Labute approximate surface area is 175 Å². The molecule has 0 aromatic heterocycles. The number of fused-ring (bicyclic) bond motifs is 3. The fourth-order valence-corrected chi connectivity index (χ4v) is 3.91. The second-order valence-corrected chi connectivity index (χ2v) is 7.36. The third kappa shape index (κ3) is 4.70. The Kier molecular flexibility index (Phi) is 5.43. The second-order valence-electron chi connectivity index (χ2n) is 7.36. The van der Waals surface area contributed by atoms with Crippen molar-refractivity contribution in [3.05, 3.63) is 71.0 Å². The van der Waals surface area contributed by atoms with Gasteiger partial charge in [0.05, 0.1) is 6.04 Å². The number of amides is 2. The Morgan fingerprint density at radius 3 is 2.58 bits per heavy atom. The van der Waals surface area contributed by atoms with Gasteiger partial charge in [-0.2, -0.15) is 0 Å². The van der Waals surface area contributed by atoms with Gasteiger partial charge in [-0.15, -0.1) is 13.2 Å². The van der Waals surface area contributed by atoms with Crippen molar-refractivity contribution >= 4 is 17.9 Å². The summed E-state index contributed by atoms with van der Waals surface area (Å²) in [6.07, 6.45) is -1.43. The number of rotatable bonds is 3. The summed E-state index contributed by atoms with van der Waals surface area (Å²) in [7, 11) is 0. The molecule has 0 aliphatic carbocycles. The lowest BCUT2D eigenvalue weighted by molar-refractivity contribution is -0.274. The maximum atomic E-state index is 13.8. The number of nitrogens with zero attached hydrogens (tertiary/aromatic N) is 2. The standard InChI is InChI=1S/C22H18F4N2O3/c23-16-5-4-15-9-10-28-19(18(15)11-16)12-27(13-21(28)30)20(29)8-3-14-1-6-17(7-2-14)31-22(24,25)26/h1-8,11,19H,9-10,12-13H2/b8-3+. The van der Waals surface area contributed by atoms with E-state index in [1.54, 1.807) is 11.0 Å². The van der Waals surface area contributed by atoms with Gasteiger partial charge >= 0.3 is 6.36 Å². The molecule has 1 atom stereocenters. The van der Waals surface area contributed by atoms with Gasteiger partial charge in [-0.3, -0.25) is 9.59 Å². The Hall–Kier alpha value is -3.36. The molecule has 1 unspecified atom stereocenters. The zero-order valence-electron chi connectivity index (χ0n) is 16.2. The molecule has 0 bridgehead atoms. The van der Waals surface area contributed by atoms with Crippen LogP contribution >= 0.6 is 0 Å². The van der Waals surface area contributed by atoms with E-state index in [2.05, 4.69) is 4.74 Å². The number of carbonyl (C=O) groups is 2. The lowest BCUT2D eigenvalue weighted by Crippen LogP contribution is -2.55. The topological polar surface area (TPSA) is 49.9 Å². The smallest absolute Gasteiger partial charge is 0.406 e. The van der Waals surface area contributed by atoms with Gasteiger partial charge in [0.1, 0.15) is 18.1 Å². The number of hydrogen-bond donors (Lipinski definition) is 0. The fourth-order valence-electron chi connectivity index (χ4n) is 3.91. The van der Waals surface area contributed by atoms with Crippen molar-refractivity contribution in [1.29, 1.82) is 0 Å². The number of alkyl halides is 3. The predicted octanol–water partition coefficient (Wildman–Crippen LogP) is 3.71. The number of benzene rings is 2. The lowest BCUT2D eigenvalue weighted by atomic mass is 9.90. The van der Waals surface area contributed by atoms with Gasteiger partial charge in [-0.25, -0.2) is 4.39 Å². The largest absolute Gasteiger partial charge is 0.573 e. The number of piperazine rings is 1. The zero-order valence-corrected chi connectivity index (χ0v) is 16.2. The van der Waals surface area contributed by atoms with Crippen LogP contribution in [-0.2, 0) is 16.0 Å². The van der Waals surface area contributed by atoms with Gasteiger partial charge < -0.3 is 14.5 Å². The Balaban J connectivity index is 1.46. The summed E-state index contributed by atoms with van der Waals surface area (Å²) in [5.41, 5.74) is 2.17. The summed E-state index contributed by atoms with van der Waals surface area (Å²) >= 11 is 0. The molecule has 2 aromatic carbocycles. The molecule has 5 nitrogen and oxygen atoms in total. The van der Waals surface area contributed by atoms with E-state index in [1.165, 1.54) is 41.3 Å². The highest BCUT2D eigenvalue weighted by molar-refractivity contribution is 5.95. The molecule has 9 heteroatoms. The molecule has 2 aromatic rings. The van der Waals surface area contributed by atoms with Crippen LogP contribution in [0.4, 0.5) is 17.6 Å². The van der Waals surface area contributed by atoms with Gasteiger partial charge in [0.15, 0.2) is 0 Å². The molecule has 0 radical (unpaired) electrons. The van der Waals surface area contributed by atoms with E-state index >= 15 is 0 Å². The molecule has 2 amide bonds. The summed E-state index contributed by atoms with van der Waals surface area (Å²) in [5.74, 6) is -1.37. The van der Waals surface area contributed by atoms with Crippen molar-refractivity contribution in [2.45, 2.75) is 18.8 Å². The highest BCUT2D eigenvalue weighted by atomic mass is 19.4. The van der Waals surface area contributed by atoms with Crippen LogP contribution in [0.5, 0.6) is 5.75 Å². The molecule has 0 spiro atoms. The molecular weight excluding hydrogens is 416 g/mol. The summed E-state index contributed by atoms with van der Waals surface area (Å²) < 4.78 is 54.3. The van der Waals surface area contributed by atoms with Crippen LogP contribution in [0.1, 0.15) is 22.7 Å². The fraction of sp³-hybridized carbons (Fsp3) is 0.273. The van der Waals surface area contributed by atoms with Crippen LogP contribution in [0, 0.1) is 5.82 Å². The maximum Gasteiger partial charge on any atom is 0.573 e. The minimum atomic E-state index is -4.78. The van der Waals surface area contributed by atoms with Crippen LogP contribution in [-0.4, -0.2) is 47.6 Å². The van der Waals surface area contributed by atoms with Crippen molar-refractivity contribution in [2.75, 3.05) is 19.6 Å². The summed E-state index contributed by atoms with van der Waals surface area (Å²) in [4.78, 5) is 28.3. The van der Waals surface area contributed by atoms with Crippen molar-refractivity contribution in [3.63, 3.8) is 0 Å². The molecule has 162 valence electrons.